The molecule has 0 bridgehead atoms. The van der Waals surface area contributed by atoms with Crippen LogP contribution in [0.4, 0.5) is 4.39 Å². The van der Waals surface area contributed by atoms with Crippen molar-refractivity contribution in [1.29, 1.82) is 0 Å². The minimum atomic E-state index is -0.636. The molecular formula is C12H14FN3O2. The van der Waals surface area contributed by atoms with Crippen molar-refractivity contribution in [2.75, 3.05) is 19.8 Å². The van der Waals surface area contributed by atoms with E-state index < -0.39 is 11.7 Å². The van der Waals surface area contributed by atoms with Crippen LogP contribution >= 0.6 is 0 Å². The third-order valence-corrected chi connectivity index (χ3v) is 2.93. The Hall–Kier alpha value is -1.98. The second-order valence-electron chi connectivity index (χ2n) is 4.08. The number of hydrogen-bond donors (Lipinski definition) is 0. The van der Waals surface area contributed by atoms with Crippen molar-refractivity contribution in [2.45, 2.75) is 13.3 Å². The summed E-state index contributed by atoms with van der Waals surface area (Å²) in [6, 6.07) is 1.35. The number of nitrogens with zero attached hydrogens (tertiary/aromatic N) is 3. The Kier molecular flexibility index (Phi) is 3.55. The Morgan fingerprint density at radius 2 is 2.11 bits per heavy atom. The highest BCUT2D eigenvalue weighted by Crippen LogP contribution is 2.13. The molecule has 96 valence electrons. The minimum Gasteiger partial charge on any atom is -0.323 e. The number of halogens is 1. The highest BCUT2D eigenvalue weighted by molar-refractivity contribution is 5.94. The molecule has 1 fully saturated rings. The largest absolute Gasteiger partial charge is 0.323 e. The number of hydrogen-bond acceptors (Lipinski definition) is 3. The topological polar surface area (TPSA) is 53.5 Å². The van der Waals surface area contributed by atoms with Crippen molar-refractivity contribution in [3.05, 3.63) is 29.8 Å². The van der Waals surface area contributed by atoms with E-state index in [4.69, 9.17) is 0 Å². The number of carbonyl (C=O) groups is 2. The fourth-order valence-corrected chi connectivity index (χ4v) is 1.90. The van der Waals surface area contributed by atoms with Crippen LogP contribution in [-0.2, 0) is 4.79 Å². The molecule has 0 atom stereocenters. The lowest BCUT2D eigenvalue weighted by Gasteiger charge is -2.18. The maximum atomic E-state index is 13.4. The summed E-state index contributed by atoms with van der Waals surface area (Å²) in [6.07, 6.45) is 2.80. The Morgan fingerprint density at radius 1 is 1.39 bits per heavy atom. The van der Waals surface area contributed by atoms with Crippen molar-refractivity contribution in [1.82, 2.24) is 14.8 Å². The van der Waals surface area contributed by atoms with Crippen molar-refractivity contribution >= 4 is 11.8 Å². The summed E-state index contributed by atoms with van der Waals surface area (Å²) >= 11 is 0. The van der Waals surface area contributed by atoms with Gasteiger partial charge in [-0.1, -0.05) is 6.92 Å². The summed E-state index contributed by atoms with van der Waals surface area (Å²) in [6.45, 7) is 2.94. The quantitative estimate of drug-likeness (QED) is 0.783. The molecule has 1 aliphatic rings. The third-order valence-electron chi connectivity index (χ3n) is 2.93. The Labute approximate surface area is 104 Å². The van der Waals surface area contributed by atoms with Gasteiger partial charge in [-0.15, -0.1) is 0 Å². The van der Waals surface area contributed by atoms with Crippen LogP contribution in [0.1, 0.15) is 23.7 Å². The first-order valence-corrected chi connectivity index (χ1v) is 5.80. The van der Waals surface area contributed by atoms with Gasteiger partial charge < -0.3 is 9.80 Å². The predicted octanol–water partition coefficient (Wildman–Crippen LogP) is 0.873. The first-order chi connectivity index (χ1) is 8.63. The normalized spacial score (nSPS) is 15.0. The molecule has 0 saturated carbocycles. The van der Waals surface area contributed by atoms with Gasteiger partial charge in [0.15, 0.2) is 5.82 Å². The average molecular weight is 251 g/mol. The van der Waals surface area contributed by atoms with Crippen LogP contribution < -0.4 is 0 Å². The number of aromatic nitrogens is 1. The SMILES string of the molecule is CCC(=O)N1CCN(C(=O)c2ccncc2F)C1. The van der Waals surface area contributed by atoms with Crippen LogP contribution in [0, 0.1) is 5.82 Å². The summed E-state index contributed by atoms with van der Waals surface area (Å²) in [7, 11) is 0. The lowest BCUT2D eigenvalue weighted by molar-refractivity contribution is -0.130. The predicted molar refractivity (Wildman–Crippen MR) is 62.1 cm³/mol. The standard InChI is InChI=1S/C12H14FN3O2/c1-2-11(17)15-5-6-16(8-15)12(18)9-3-4-14-7-10(9)13/h3-4,7H,2,5-6,8H2,1H3. The van der Waals surface area contributed by atoms with E-state index >= 15 is 0 Å². The molecule has 6 heteroatoms. The van der Waals surface area contributed by atoms with Gasteiger partial charge in [0.2, 0.25) is 5.91 Å². The molecular weight excluding hydrogens is 237 g/mol. The van der Waals surface area contributed by atoms with Crippen molar-refractivity contribution < 1.29 is 14.0 Å². The molecule has 1 saturated heterocycles. The maximum absolute atomic E-state index is 13.4. The van der Waals surface area contributed by atoms with Gasteiger partial charge in [-0.25, -0.2) is 4.39 Å². The smallest absolute Gasteiger partial charge is 0.258 e. The summed E-state index contributed by atoms with van der Waals surface area (Å²) in [5, 5.41) is 0. The van der Waals surface area contributed by atoms with Gasteiger partial charge in [0.05, 0.1) is 18.4 Å². The van der Waals surface area contributed by atoms with Gasteiger partial charge in [-0.2, -0.15) is 0 Å². The van der Waals surface area contributed by atoms with Gasteiger partial charge in [-0.3, -0.25) is 14.6 Å². The van der Waals surface area contributed by atoms with E-state index in [1.54, 1.807) is 11.8 Å². The molecule has 0 aliphatic carbocycles. The van der Waals surface area contributed by atoms with Crippen LogP contribution in [0.2, 0.25) is 0 Å². The Bertz CT molecular complexity index is 478. The zero-order chi connectivity index (χ0) is 13.1. The number of carbonyl (C=O) groups excluding carboxylic acids is 2. The summed E-state index contributed by atoms with van der Waals surface area (Å²) in [4.78, 5) is 30.2. The van der Waals surface area contributed by atoms with E-state index in [0.29, 0.717) is 19.5 Å². The van der Waals surface area contributed by atoms with Crippen LogP contribution in [0.15, 0.2) is 18.5 Å². The summed E-state index contributed by atoms with van der Waals surface area (Å²) in [5.74, 6) is -1.04. The van der Waals surface area contributed by atoms with Gasteiger partial charge in [0, 0.05) is 25.7 Å². The van der Waals surface area contributed by atoms with Crippen LogP contribution in [0.3, 0.4) is 0 Å². The molecule has 5 nitrogen and oxygen atoms in total. The molecule has 0 radical (unpaired) electrons. The number of rotatable bonds is 2. The molecule has 2 rings (SSSR count). The fraction of sp³-hybridized carbons (Fsp3) is 0.417. The monoisotopic (exact) mass is 251 g/mol. The first kappa shape index (κ1) is 12.5. The van der Waals surface area contributed by atoms with Crippen molar-refractivity contribution in [2.24, 2.45) is 0 Å². The van der Waals surface area contributed by atoms with E-state index in [9.17, 15) is 14.0 Å². The molecule has 2 amide bonds. The second kappa shape index (κ2) is 5.12. The zero-order valence-corrected chi connectivity index (χ0v) is 10.1. The van der Waals surface area contributed by atoms with E-state index in [1.807, 2.05) is 0 Å². The Morgan fingerprint density at radius 3 is 2.78 bits per heavy atom. The molecule has 1 aromatic rings. The highest BCUT2D eigenvalue weighted by atomic mass is 19.1. The lowest BCUT2D eigenvalue weighted by atomic mass is 10.2. The summed E-state index contributed by atoms with van der Waals surface area (Å²) < 4.78 is 13.4. The van der Waals surface area contributed by atoms with Crippen LogP contribution in [-0.4, -0.2) is 46.4 Å². The lowest BCUT2D eigenvalue weighted by Crippen LogP contribution is -2.34. The van der Waals surface area contributed by atoms with Gasteiger partial charge in [0.25, 0.3) is 5.91 Å². The van der Waals surface area contributed by atoms with Gasteiger partial charge in [-0.05, 0) is 6.07 Å². The van der Waals surface area contributed by atoms with Gasteiger partial charge in [0.1, 0.15) is 0 Å². The molecule has 1 aromatic heterocycles. The fourth-order valence-electron chi connectivity index (χ4n) is 1.90. The van der Waals surface area contributed by atoms with Crippen molar-refractivity contribution in [3.8, 4) is 0 Å². The van der Waals surface area contributed by atoms with E-state index in [-0.39, 0.29) is 18.1 Å². The van der Waals surface area contributed by atoms with Gasteiger partial charge >= 0.3 is 0 Å². The highest BCUT2D eigenvalue weighted by Gasteiger charge is 2.28. The average Bonchev–Trinajstić information content (AvgIpc) is 2.87. The second-order valence-corrected chi connectivity index (χ2v) is 4.08. The third kappa shape index (κ3) is 2.32. The molecule has 1 aliphatic heterocycles. The van der Waals surface area contributed by atoms with Crippen molar-refractivity contribution in [3.63, 3.8) is 0 Å². The number of pyridine rings is 1. The molecule has 2 heterocycles. The molecule has 0 N–H and O–H groups in total. The van der Waals surface area contributed by atoms with E-state index in [0.717, 1.165) is 6.20 Å². The summed E-state index contributed by atoms with van der Waals surface area (Å²) in [5.41, 5.74) is -0.00389. The zero-order valence-electron chi connectivity index (χ0n) is 10.1. The van der Waals surface area contributed by atoms with Crippen LogP contribution in [0.5, 0.6) is 0 Å². The maximum Gasteiger partial charge on any atom is 0.258 e. The molecule has 18 heavy (non-hydrogen) atoms. The number of amides is 2. The molecule has 0 spiro atoms. The molecule has 0 aromatic carbocycles. The van der Waals surface area contributed by atoms with Crippen LogP contribution in [0.25, 0.3) is 0 Å². The minimum absolute atomic E-state index is 0.000463. The van der Waals surface area contributed by atoms with E-state index in [1.165, 1.54) is 17.2 Å². The van der Waals surface area contributed by atoms with E-state index in [2.05, 4.69) is 4.98 Å². The first-order valence-electron chi connectivity index (χ1n) is 5.80. The molecule has 0 unspecified atom stereocenters. The Balaban J connectivity index is 2.08.